The highest BCUT2D eigenvalue weighted by atomic mass is 16.4. The molecule has 12 N–H and O–H groups in total. The molecule has 0 saturated carbocycles. The maximum absolute atomic E-state index is 13.3. The van der Waals surface area contributed by atoms with Crippen molar-refractivity contribution in [2.24, 2.45) is 11.7 Å². The van der Waals surface area contributed by atoms with Gasteiger partial charge in [-0.1, -0.05) is 13.8 Å². The summed E-state index contributed by atoms with van der Waals surface area (Å²) in [5.41, 5.74) is 5.67. The lowest BCUT2D eigenvalue weighted by Gasteiger charge is -2.24. The number of carbonyl (C=O) groups is 8. The first-order chi connectivity index (χ1) is 23.0. The van der Waals surface area contributed by atoms with Gasteiger partial charge in [-0.3, -0.25) is 38.4 Å². The van der Waals surface area contributed by atoms with Crippen LogP contribution in [0.5, 0.6) is 0 Å². The Morgan fingerprint density at radius 1 is 0.898 bits per heavy atom. The SMILES string of the molecule is CC(C)C[C@H](NC(=O)CNC(=O)[C@H](Cc1cnc[nH]1)NC(=O)[C@H](CCC(N)=O)NC(=O)CNC(=O)[C@@H]1C[C@@H](O)CN1)C(=O)N[C@@H](C)C(=O)O. The molecule has 7 amide bonds. The highest BCUT2D eigenvalue weighted by molar-refractivity contribution is 5.95. The number of carboxylic acids is 1. The van der Waals surface area contributed by atoms with Gasteiger partial charge in [0.1, 0.15) is 24.2 Å². The minimum Gasteiger partial charge on any atom is -0.480 e. The van der Waals surface area contributed by atoms with Crippen molar-refractivity contribution in [3.05, 3.63) is 18.2 Å². The first-order valence-corrected chi connectivity index (χ1v) is 15.7. The maximum Gasteiger partial charge on any atom is 0.325 e. The molecule has 1 aromatic rings. The molecule has 0 bridgehead atoms. The zero-order chi connectivity index (χ0) is 36.7. The molecular weight excluding hydrogens is 648 g/mol. The first-order valence-electron chi connectivity index (χ1n) is 15.7. The van der Waals surface area contributed by atoms with E-state index in [0.717, 1.165) is 0 Å². The molecule has 1 aliphatic rings. The van der Waals surface area contributed by atoms with Crippen LogP contribution in [0.25, 0.3) is 0 Å². The van der Waals surface area contributed by atoms with E-state index in [1.165, 1.54) is 19.4 Å². The third kappa shape index (κ3) is 14.7. The van der Waals surface area contributed by atoms with Crippen molar-refractivity contribution >= 4 is 47.3 Å². The normalized spacial score (nSPS) is 17.9. The number of nitrogens with zero attached hydrogens (tertiary/aromatic N) is 1. The average Bonchev–Trinajstić information content (AvgIpc) is 3.71. The molecule has 1 fully saturated rings. The van der Waals surface area contributed by atoms with Crippen LogP contribution in [0.1, 0.15) is 52.1 Å². The zero-order valence-electron chi connectivity index (χ0n) is 27.5. The summed E-state index contributed by atoms with van der Waals surface area (Å²) in [7, 11) is 0. The number of aliphatic hydroxyl groups is 1. The molecule has 2 rings (SSSR count). The number of β-amino-alcohol motifs (C(OH)–C–C–N with tert-alkyl or cyclic N) is 1. The minimum atomic E-state index is -1.35. The molecule has 0 radical (unpaired) electrons. The van der Waals surface area contributed by atoms with Gasteiger partial charge >= 0.3 is 5.97 Å². The minimum absolute atomic E-state index is 0.0580. The van der Waals surface area contributed by atoms with E-state index in [2.05, 4.69) is 47.2 Å². The molecule has 0 aromatic carbocycles. The molecule has 0 aliphatic carbocycles. The predicted octanol–water partition coefficient (Wildman–Crippen LogP) is -4.74. The van der Waals surface area contributed by atoms with Crippen molar-refractivity contribution in [3.8, 4) is 0 Å². The number of rotatable bonds is 20. The Kier molecular flexibility index (Phi) is 16.1. The highest BCUT2D eigenvalue weighted by Gasteiger charge is 2.31. The number of hydrogen-bond donors (Lipinski definition) is 11. The summed E-state index contributed by atoms with van der Waals surface area (Å²) in [4.78, 5) is 106. The van der Waals surface area contributed by atoms with E-state index in [1.54, 1.807) is 13.8 Å². The Morgan fingerprint density at radius 3 is 2.08 bits per heavy atom. The largest absolute Gasteiger partial charge is 0.480 e. The van der Waals surface area contributed by atoms with Crippen molar-refractivity contribution in [2.45, 2.75) is 89.2 Å². The Balaban J connectivity index is 2.08. The maximum atomic E-state index is 13.3. The molecule has 49 heavy (non-hydrogen) atoms. The molecular formula is C29H46N10O10. The lowest BCUT2D eigenvalue weighted by atomic mass is 10.0. The number of aliphatic carboxylic acids is 1. The Bertz CT molecular complexity index is 1340. The van der Waals surface area contributed by atoms with Crippen molar-refractivity contribution in [2.75, 3.05) is 19.6 Å². The van der Waals surface area contributed by atoms with Crippen LogP contribution in [-0.2, 0) is 44.8 Å². The Morgan fingerprint density at radius 2 is 1.53 bits per heavy atom. The monoisotopic (exact) mass is 694 g/mol. The van der Waals surface area contributed by atoms with Crippen molar-refractivity contribution in [1.29, 1.82) is 0 Å². The van der Waals surface area contributed by atoms with Gasteiger partial charge in [0.15, 0.2) is 0 Å². The number of carbonyl (C=O) groups excluding carboxylic acids is 7. The second-order valence-electron chi connectivity index (χ2n) is 12.1. The van der Waals surface area contributed by atoms with Gasteiger partial charge in [0.05, 0.1) is 31.6 Å². The molecule has 272 valence electrons. The number of imidazole rings is 1. The standard InChI is InChI=1S/C29H46N10O10/c1-14(2)6-20(28(47)36-15(3)29(48)49)38-24(43)12-34-26(45)21(7-16-9-31-13-35-16)39-27(46)18(4-5-22(30)41)37-23(42)11-33-25(44)19-8-17(40)10-32-19/h9,13-15,17-21,32,40H,4-8,10-12H2,1-3H3,(H2,30,41)(H,31,35)(H,33,44)(H,34,45)(H,36,47)(H,37,42)(H,38,43)(H,39,46)(H,48,49)/t15-,17+,18-,19-,20-,21-/m0/s1. The fraction of sp³-hybridized carbons (Fsp3) is 0.621. The molecule has 0 spiro atoms. The van der Waals surface area contributed by atoms with Crippen LogP contribution in [-0.4, -0.2) is 123 Å². The summed E-state index contributed by atoms with van der Waals surface area (Å²) >= 11 is 0. The van der Waals surface area contributed by atoms with Crippen LogP contribution >= 0.6 is 0 Å². The third-order valence-electron chi connectivity index (χ3n) is 7.30. The molecule has 0 unspecified atom stereocenters. The summed E-state index contributed by atoms with van der Waals surface area (Å²) < 4.78 is 0. The molecule has 1 saturated heterocycles. The Labute approximate surface area is 281 Å². The number of nitrogens with one attached hydrogen (secondary N) is 8. The number of nitrogens with two attached hydrogens (primary N) is 1. The number of aromatic amines is 1. The predicted molar refractivity (Wildman–Crippen MR) is 170 cm³/mol. The summed E-state index contributed by atoms with van der Waals surface area (Å²) in [5, 5.41) is 36.0. The second-order valence-corrected chi connectivity index (χ2v) is 12.1. The quantitative estimate of drug-likeness (QED) is 0.0613. The number of amides is 7. The number of hydrogen-bond acceptors (Lipinski definition) is 11. The second kappa shape index (κ2) is 19.6. The van der Waals surface area contributed by atoms with E-state index in [0.29, 0.717) is 5.69 Å². The van der Waals surface area contributed by atoms with E-state index in [-0.39, 0.29) is 44.6 Å². The van der Waals surface area contributed by atoms with Crippen molar-refractivity contribution in [1.82, 2.24) is 47.2 Å². The number of H-pyrrole nitrogens is 1. The van der Waals surface area contributed by atoms with E-state index >= 15 is 0 Å². The smallest absolute Gasteiger partial charge is 0.325 e. The van der Waals surface area contributed by atoms with Crippen LogP contribution in [0.15, 0.2) is 12.5 Å². The van der Waals surface area contributed by atoms with E-state index in [1.807, 2.05) is 0 Å². The lowest BCUT2D eigenvalue weighted by Crippen LogP contribution is -2.57. The molecule has 1 aromatic heterocycles. The summed E-state index contributed by atoms with van der Waals surface area (Å²) in [5.74, 6) is -6.56. The van der Waals surface area contributed by atoms with Gasteiger partial charge in [-0.25, -0.2) is 4.98 Å². The lowest BCUT2D eigenvalue weighted by molar-refractivity contribution is -0.141. The van der Waals surface area contributed by atoms with Gasteiger partial charge in [-0.15, -0.1) is 0 Å². The van der Waals surface area contributed by atoms with Crippen LogP contribution in [0.2, 0.25) is 0 Å². The van der Waals surface area contributed by atoms with E-state index < -0.39 is 96.7 Å². The summed E-state index contributed by atoms with van der Waals surface area (Å²) in [6.45, 7) is 3.96. The molecule has 1 aliphatic heterocycles. The summed E-state index contributed by atoms with van der Waals surface area (Å²) in [6.07, 6.45) is 1.72. The van der Waals surface area contributed by atoms with Gasteiger partial charge in [0.2, 0.25) is 41.4 Å². The fourth-order valence-corrected chi connectivity index (χ4v) is 4.72. The van der Waals surface area contributed by atoms with Crippen molar-refractivity contribution < 1.29 is 48.6 Å². The van der Waals surface area contributed by atoms with Crippen LogP contribution < -0.4 is 43.0 Å². The highest BCUT2D eigenvalue weighted by Crippen LogP contribution is 2.07. The van der Waals surface area contributed by atoms with Gasteiger partial charge < -0.3 is 58.1 Å². The molecule has 20 heteroatoms. The van der Waals surface area contributed by atoms with Crippen molar-refractivity contribution in [3.63, 3.8) is 0 Å². The fourth-order valence-electron chi connectivity index (χ4n) is 4.72. The number of aliphatic hydroxyl groups excluding tert-OH is 1. The number of aromatic nitrogens is 2. The van der Waals surface area contributed by atoms with Gasteiger partial charge in [0, 0.05) is 31.3 Å². The third-order valence-corrected chi connectivity index (χ3v) is 7.30. The summed E-state index contributed by atoms with van der Waals surface area (Å²) in [6, 6.07) is -5.66. The van der Waals surface area contributed by atoms with Crippen LogP contribution in [0.4, 0.5) is 0 Å². The van der Waals surface area contributed by atoms with Crippen LogP contribution in [0, 0.1) is 5.92 Å². The van der Waals surface area contributed by atoms with Gasteiger partial charge in [-0.05, 0) is 32.1 Å². The average molecular weight is 695 g/mol. The molecule has 6 atom stereocenters. The molecule has 20 nitrogen and oxygen atoms in total. The number of carboxylic acid groups (broad SMARTS) is 1. The number of primary amides is 1. The van der Waals surface area contributed by atoms with E-state index in [9.17, 15) is 43.5 Å². The van der Waals surface area contributed by atoms with Gasteiger partial charge in [0.25, 0.3) is 0 Å². The van der Waals surface area contributed by atoms with Crippen LogP contribution in [0.3, 0.4) is 0 Å². The van der Waals surface area contributed by atoms with E-state index in [4.69, 9.17) is 10.8 Å². The first kappa shape index (κ1) is 40.1. The Hall–Kier alpha value is -5.11. The zero-order valence-corrected chi connectivity index (χ0v) is 27.5. The topological polar surface area (TPSA) is 316 Å². The molecule has 2 heterocycles. The van der Waals surface area contributed by atoms with Gasteiger partial charge in [-0.2, -0.15) is 0 Å².